The van der Waals surface area contributed by atoms with Crippen molar-refractivity contribution in [3.8, 4) is 11.3 Å². The predicted octanol–water partition coefficient (Wildman–Crippen LogP) is 5.95. The fourth-order valence-corrected chi connectivity index (χ4v) is 4.82. The zero-order valence-corrected chi connectivity index (χ0v) is 24.1. The number of carbonyl (C=O) groups excluding carboxylic acids is 2. The van der Waals surface area contributed by atoms with Crippen molar-refractivity contribution in [1.29, 1.82) is 0 Å². The molecule has 0 saturated heterocycles. The highest BCUT2D eigenvalue weighted by Gasteiger charge is 2.36. The Morgan fingerprint density at radius 1 is 1.07 bits per heavy atom. The van der Waals surface area contributed by atoms with Crippen LogP contribution in [0.5, 0.6) is 0 Å². The van der Waals surface area contributed by atoms with Gasteiger partial charge >= 0.3 is 6.18 Å². The molecule has 4 rings (SSSR count). The van der Waals surface area contributed by atoms with E-state index in [0.717, 1.165) is 17.7 Å². The molecule has 0 spiro atoms. The molecule has 0 radical (unpaired) electrons. The summed E-state index contributed by atoms with van der Waals surface area (Å²) in [7, 11) is 0. The lowest BCUT2D eigenvalue weighted by molar-refractivity contribution is -0.138. The predicted molar refractivity (Wildman–Crippen MR) is 154 cm³/mol. The van der Waals surface area contributed by atoms with Gasteiger partial charge in [-0.1, -0.05) is 39.0 Å². The van der Waals surface area contributed by atoms with Gasteiger partial charge in [-0.05, 0) is 61.1 Å². The van der Waals surface area contributed by atoms with Crippen LogP contribution < -0.4 is 10.6 Å². The SMILES string of the molecule is Cc1cnc2nc(-c3ccc(C)c(NC(=O)c4ccc(CNC(=O)C(C)(C)CC(C)CO)cc4C(F)(F)F)c3)cn2c1. The molecule has 0 aliphatic rings. The lowest BCUT2D eigenvalue weighted by Gasteiger charge is -2.26. The number of aryl methyl sites for hydroxylation is 2. The van der Waals surface area contributed by atoms with Crippen LogP contribution in [0.15, 0.2) is 55.0 Å². The fraction of sp³-hybridized carbons (Fsp3) is 0.355. The van der Waals surface area contributed by atoms with Crippen molar-refractivity contribution in [1.82, 2.24) is 19.7 Å². The quantitative estimate of drug-likeness (QED) is 0.227. The number of imidazole rings is 1. The second-order valence-corrected chi connectivity index (χ2v) is 11.4. The third kappa shape index (κ3) is 6.96. The van der Waals surface area contributed by atoms with Crippen molar-refractivity contribution in [2.75, 3.05) is 11.9 Å². The number of aliphatic hydroxyl groups is 1. The minimum absolute atomic E-state index is 0.0727. The maximum absolute atomic E-state index is 14.1. The van der Waals surface area contributed by atoms with Gasteiger partial charge in [-0.15, -0.1) is 0 Å². The Hall–Kier alpha value is -4.25. The molecule has 1 unspecified atom stereocenters. The van der Waals surface area contributed by atoms with Gasteiger partial charge < -0.3 is 15.7 Å². The maximum Gasteiger partial charge on any atom is 0.417 e. The van der Waals surface area contributed by atoms with E-state index in [1.165, 1.54) is 6.07 Å². The van der Waals surface area contributed by atoms with Gasteiger partial charge in [0.2, 0.25) is 11.7 Å². The summed E-state index contributed by atoms with van der Waals surface area (Å²) in [5.41, 5.74) is 0.971. The molecular weight excluding hydrogens is 547 g/mol. The zero-order valence-electron chi connectivity index (χ0n) is 24.1. The molecule has 8 nitrogen and oxygen atoms in total. The summed E-state index contributed by atoms with van der Waals surface area (Å²) < 4.78 is 44.0. The average Bonchev–Trinajstić information content (AvgIpc) is 3.35. The van der Waals surface area contributed by atoms with Crippen LogP contribution in [0.1, 0.15) is 59.8 Å². The monoisotopic (exact) mass is 581 g/mol. The summed E-state index contributed by atoms with van der Waals surface area (Å²) in [5, 5.41) is 14.6. The summed E-state index contributed by atoms with van der Waals surface area (Å²) in [6.45, 7) is 8.68. The van der Waals surface area contributed by atoms with Gasteiger partial charge in [0.05, 0.1) is 16.8 Å². The van der Waals surface area contributed by atoms with Gasteiger partial charge in [-0.3, -0.25) is 14.0 Å². The molecule has 0 aliphatic carbocycles. The molecule has 2 heterocycles. The van der Waals surface area contributed by atoms with Crippen LogP contribution in [0.2, 0.25) is 0 Å². The number of carbonyl (C=O) groups is 2. The first-order chi connectivity index (χ1) is 19.7. The van der Waals surface area contributed by atoms with Crippen molar-refractivity contribution in [3.63, 3.8) is 0 Å². The van der Waals surface area contributed by atoms with Crippen molar-refractivity contribution in [3.05, 3.63) is 82.8 Å². The molecule has 0 saturated carbocycles. The minimum Gasteiger partial charge on any atom is -0.396 e. The highest BCUT2D eigenvalue weighted by Crippen LogP contribution is 2.34. The van der Waals surface area contributed by atoms with Gasteiger partial charge in [0, 0.05) is 48.4 Å². The number of aliphatic hydroxyl groups excluding tert-OH is 1. The first-order valence-electron chi connectivity index (χ1n) is 13.5. The van der Waals surface area contributed by atoms with Gasteiger partial charge in [-0.2, -0.15) is 13.2 Å². The summed E-state index contributed by atoms with van der Waals surface area (Å²) in [6.07, 6.45) is 0.976. The summed E-state index contributed by atoms with van der Waals surface area (Å²) in [4.78, 5) is 34.6. The van der Waals surface area contributed by atoms with Gasteiger partial charge in [0.1, 0.15) is 0 Å². The standard InChI is InChI=1S/C31H34F3N5O3/c1-18(17-40)12-30(4,5)28(42)35-14-21-7-9-23(24(10-21)31(32,33)34)27(41)37-25-11-22(8-6-20(25)3)26-16-39-15-19(2)13-36-29(39)38-26/h6-11,13,15-16,18,40H,12,14,17H2,1-5H3,(H,35,42)(H,37,41). The van der Waals surface area contributed by atoms with Crippen molar-refractivity contribution in [2.45, 2.75) is 53.8 Å². The van der Waals surface area contributed by atoms with Gasteiger partial charge in [-0.25, -0.2) is 9.97 Å². The number of halogens is 3. The average molecular weight is 582 g/mol. The fourth-order valence-electron chi connectivity index (χ4n) is 4.82. The number of rotatable bonds is 9. The second kappa shape index (κ2) is 11.9. The number of hydrogen-bond acceptors (Lipinski definition) is 5. The number of hydrogen-bond donors (Lipinski definition) is 3. The summed E-state index contributed by atoms with van der Waals surface area (Å²) in [6, 6.07) is 8.63. The second-order valence-electron chi connectivity index (χ2n) is 11.4. The lowest BCUT2D eigenvalue weighted by atomic mass is 9.82. The molecule has 0 aliphatic heterocycles. The lowest BCUT2D eigenvalue weighted by Crippen LogP contribution is -2.38. The van der Waals surface area contributed by atoms with Crippen LogP contribution in [0.25, 0.3) is 17.0 Å². The van der Waals surface area contributed by atoms with E-state index in [4.69, 9.17) is 0 Å². The van der Waals surface area contributed by atoms with E-state index in [-0.39, 0.29) is 30.5 Å². The molecule has 42 heavy (non-hydrogen) atoms. The van der Waals surface area contributed by atoms with Gasteiger partial charge in [0.15, 0.2) is 0 Å². The molecule has 4 aromatic rings. The van der Waals surface area contributed by atoms with Crippen LogP contribution in [0, 0.1) is 25.2 Å². The molecule has 2 amide bonds. The largest absolute Gasteiger partial charge is 0.417 e. The number of nitrogens with zero attached hydrogens (tertiary/aromatic N) is 3. The summed E-state index contributed by atoms with van der Waals surface area (Å²) in [5.74, 6) is -0.865. The Bertz CT molecular complexity index is 1630. The Morgan fingerprint density at radius 3 is 2.50 bits per heavy atom. The van der Waals surface area contributed by atoms with E-state index in [1.54, 1.807) is 49.7 Å². The summed E-state index contributed by atoms with van der Waals surface area (Å²) >= 11 is 0. The van der Waals surface area contributed by atoms with Crippen molar-refractivity contribution < 1.29 is 27.9 Å². The van der Waals surface area contributed by atoms with Gasteiger partial charge in [0.25, 0.3) is 5.91 Å². The smallest absolute Gasteiger partial charge is 0.396 e. The van der Waals surface area contributed by atoms with Crippen molar-refractivity contribution >= 4 is 23.3 Å². The number of alkyl halides is 3. The molecule has 0 fully saturated rings. The van der Waals surface area contributed by atoms with E-state index in [0.29, 0.717) is 34.7 Å². The number of amides is 2. The van der Waals surface area contributed by atoms with Crippen LogP contribution in [0.3, 0.4) is 0 Å². The molecule has 2 aromatic heterocycles. The number of fused-ring (bicyclic) bond motifs is 1. The third-order valence-electron chi connectivity index (χ3n) is 7.09. The molecule has 2 aromatic carbocycles. The first-order valence-corrected chi connectivity index (χ1v) is 13.5. The number of nitrogens with one attached hydrogen (secondary N) is 2. The Labute approximate surface area is 242 Å². The highest BCUT2D eigenvalue weighted by molar-refractivity contribution is 6.06. The van der Waals surface area contributed by atoms with E-state index >= 15 is 0 Å². The molecule has 0 bridgehead atoms. The van der Waals surface area contributed by atoms with Crippen LogP contribution in [-0.2, 0) is 17.5 Å². The number of benzene rings is 2. The van der Waals surface area contributed by atoms with Crippen LogP contribution >= 0.6 is 0 Å². The highest BCUT2D eigenvalue weighted by atomic mass is 19.4. The Kier molecular flexibility index (Phi) is 8.72. The maximum atomic E-state index is 14.1. The molecule has 11 heteroatoms. The van der Waals surface area contributed by atoms with Crippen LogP contribution in [-0.4, -0.2) is 37.9 Å². The van der Waals surface area contributed by atoms with E-state index in [9.17, 15) is 27.9 Å². The zero-order chi connectivity index (χ0) is 30.8. The first kappa shape index (κ1) is 30.7. The normalized spacial score (nSPS) is 12.8. The minimum atomic E-state index is -4.80. The third-order valence-corrected chi connectivity index (χ3v) is 7.09. The number of aromatic nitrogens is 3. The van der Waals surface area contributed by atoms with E-state index < -0.39 is 28.6 Å². The van der Waals surface area contributed by atoms with Crippen molar-refractivity contribution in [2.24, 2.45) is 11.3 Å². The Balaban J connectivity index is 1.55. The molecule has 1 atom stereocenters. The molecular formula is C31H34F3N5O3. The Morgan fingerprint density at radius 2 is 1.81 bits per heavy atom. The molecule has 3 N–H and O–H groups in total. The molecule has 222 valence electrons. The van der Waals surface area contributed by atoms with E-state index in [2.05, 4.69) is 20.6 Å². The van der Waals surface area contributed by atoms with Crippen LogP contribution in [0.4, 0.5) is 18.9 Å². The van der Waals surface area contributed by atoms with E-state index in [1.807, 2.05) is 26.1 Å². The topological polar surface area (TPSA) is 109 Å². The number of anilines is 1.